The molecule has 2 fully saturated rings. The lowest BCUT2D eigenvalue weighted by molar-refractivity contribution is -0.130. The number of nitrogens with two attached hydrogens (primary N) is 1. The molecule has 9 heteroatoms. The predicted molar refractivity (Wildman–Crippen MR) is 163 cm³/mol. The molecule has 0 aliphatic carbocycles. The highest BCUT2D eigenvalue weighted by Crippen LogP contribution is 2.40. The zero-order chi connectivity index (χ0) is 29.1. The van der Waals surface area contributed by atoms with Crippen molar-refractivity contribution in [3.05, 3.63) is 78.8 Å². The van der Waals surface area contributed by atoms with Crippen LogP contribution in [0.3, 0.4) is 0 Å². The smallest absolute Gasteiger partial charge is 0.246 e. The van der Waals surface area contributed by atoms with Crippen LogP contribution in [0.15, 0.2) is 73.1 Å². The molecule has 4 heterocycles. The summed E-state index contributed by atoms with van der Waals surface area (Å²) in [6.45, 7) is 3.20. The van der Waals surface area contributed by atoms with Crippen molar-refractivity contribution in [3.8, 4) is 34.5 Å². The minimum Gasteiger partial charge on any atom is -0.457 e. The first kappa shape index (κ1) is 27.5. The molecule has 1 amide bonds. The van der Waals surface area contributed by atoms with Gasteiger partial charge in [-0.3, -0.25) is 4.79 Å². The van der Waals surface area contributed by atoms with Crippen molar-refractivity contribution in [1.29, 1.82) is 0 Å². The Labute approximate surface area is 245 Å². The van der Waals surface area contributed by atoms with Crippen LogP contribution in [0.25, 0.3) is 22.2 Å². The van der Waals surface area contributed by atoms with Gasteiger partial charge in [0.05, 0.1) is 24.0 Å². The predicted octanol–water partition coefficient (Wildman–Crippen LogP) is 4.36. The third-order valence-electron chi connectivity index (χ3n) is 7.52. The van der Waals surface area contributed by atoms with Crippen molar-refractivity contribution in [3.63, 3.8) is 0 Å². The van der Waals surface area contributed by atoms with Gasteiger partial charge in [0.2, 0.25) is 5.91 Å². The molecule has 214 valence electrons. The molecule has 0 saturated carbocycles. The van der Waals surface area contributed by atoms with Gasteiger partial charge in [-0.05, 0) is 56.3 Å². The van der Waals surface area contributed by atoms with Gasteiger partial charge >= 0.3 is 0 Å². The average Bonchev–Trinajstić information content (AvgIpc) is 3.60. The molecule has 42 heavy (non-hydrogen) atoms. The van der Waals surface area contributed by atoms with Crippen LogP contribution in [-0.4, -0.2) is 77.2 Å². The monoisotopic (exact) mass is 562 g/mol. The van der Waals surface area contributed by atoms with Crippen molar-refractivity contribution in [2.75, 3.05) is 52.7 Å². The van der Waals surface area contributed by atoms with E-state index < -0.39 is 0 Å². The molecule has 0 spiro atoms. The molecule has 2 aliphatic heterocycles. The second kappa shape index (κ2) is 12.1. The third-order valence-corrected chi connectivity index (χ3v) is 7.52. The molecule has 4 aromatic rings. The number of fused-ring (bicyclic) bond motifs is 1. The second-order valence-corrected chi connectivity index (χ2v) is 10.9. The quantitative estimate of drug-likeness (QED) is 0.264. The number of hydrogen-bond donors (Lipinski definition) is 1. The maximum atomic E-state index is 12.5. The first-order valence-corrected chi connectivity index (χ1v) is 14.1. The fourth-order valence-corrected chi connectivity index (χ4v) is 5.35. The van der Waals surface area contributed by atoms with Crippen molar-refractivity contribution in [2.45, 2.75) is 12.5 Å². The second-order valence-electron chi connectivity index (χ2n) is 10.9. The summed E-state index contributed by atoms with van der Waals surface area (Å²) in [5.41, 5.74) is 9.91. The first-order chi connectivity index (χ1) is 20.5. The molecule has 2 saturated heterocycles. The highest BCUT2D eigenvalue weighted by molar-refractivity contribution is 6.03. The fourth-order valence-electron chi connectivity index (χ4n) is 5.35. The van der Waals surface area contributed by atoms with E-state index >= 15 is 0 Å². The Balaban J connectivity index is 1.34. The van der Waals surface area contributed by atoms with Gasteiger partial charge in [-0.1, -0.05) is 42.3 Å². The van der Waals surface area contributed by atoms with E-state index in [4.69, 9.17) is 15.2 Å². The number of ether oxygens (including phenoxy) is 2. The van der Waals surface area contributed by atoms with Crippen LogP contribution in [0, 0.1) is 17.8 Å². The molecular formula is C33H34N6O3. The number of amides is 1. The number of likely N-dealkylation sites (tertiary alicyclic amines) is 1. The summed E-state index contributed by atoms with van der Waals surface area (Å²) in [4.78, 5) is 25.3. The number of anilines is 1. The summed E-state index contributed by atoms with van der Waals surface area (Å²) >= 11 is 0. The van der Waals surface area contributed by atoms with Crippen LogP contribution in [0.2, 0.25) is 0 Å². The number of hydrogen-bond acceptors (Lipinski definition) is 7. The van der Waals surface area contributed by atoms with E-state index in [9.17, 15) is 4.79 Å². The van der Waals surface area contributed by atoms with E-state index in [1.165, 1.54) is 6.33 Å². The largest absolute Gasteiger partial charge is 0.457 e. The summed E-state index contributed by atoms with van der Waals surface area (Å²) in [7, 11) is 3.95. The van der Waals surface area contributed by atoms with Gasteiger partial charge in [-0.2, -0.15) is 0 Å². The van der Waals surface area contributed by atoms with Crippen molar-refractivity contribution in [1.82, 2.24) is 24.3 Å². The number of benzene rings is 2. The number of nitrogen functional groups attached to an aromatic ring is 1. The molecule has 2 aromatic carbocycles. The van der Waals surface area contributed by atoms with Crippen molar-refractivity contribution < 1.29 is 14.3 Å². The first-order valence-electron chi connectivity index (χ1n) is 14.1. The van der Waals surface area contributed by atoms with Crippen LogP contribution >= 0.6 is 0 Å². The number of aromatic nitrogens is 3. The molecule has 6 rings (SSSR count). The van der Waals surface area contributed by atoms with Gasteiger partial charge < -0.3 is 29.6 Å². The zero-order valence-electron chi connectivity index (χ0n) is 23.9. The lowest BCUT2D eigenvalue weighted by Crippen LogP contribution is -2.48. The van der Waals surface area contributed by atoms with E-state index in [0.29, 0.717) is 32.1 Å². The molecular weight excluding hydrogens is 528 g/mol. The zero-order valence-corrected chi connectivity index (χ0v) is 23.9. The Morgan fingerprint density at radius 2 is 1.88 bits per heavy atom. The number of rotatable bonds is 7. The van der Waals surface area contributed by atoms with Gasteiger partial charge in [0.1, 0.15) is 35.0 Å². The van der Waals surface area contributed by atoms with E-state index in [1.54, 1.807) is 6.08 Å². The number of para-hydroxylation sites is 1. The van der Waals surface area contributed by atoms with E-state index in [0.717, 1.165) is 52.3 Å². The number of likely N-dealkylation sites (N-methyl/N-ethyl adjacent to an activating group) is 1. The SMILES string of the molecule is CN(C)C/C=C/C(=O)N1CC(C#Cc2c(-c3ccc(Oc4ccccc4)cc3)c3c(N)ncnc3n2[C@H]2CCOC2)C1. The van der Waals surface area contributed by atoms with Crippen molar-refractivity contribution >= 4 is 22.8 Å². The summed E-state index contributed by atoms with van der Waals surface area (Å²) in [5.74, 6) is 8.94. The van der Waals surface area contributed by atoms with E-state index in [2.05, 4.69) is 26.4 Å². The number of carbonyl (C=O) groups is 1. The normalized spacial score (nSPS) is 17.0. The lowest BCUT2D eigenvalue weighted by Gasteiger charge is -2.35. The van der Waals surface area contributed by atoms with Crippen LogP contribution in [0.4, 0.5) is 5.82 Å². The Bertz CT molecular complexity index is 1660. The number of carbonyl (C=O) groups excluding carboxylic acids is 1. The molecule has 0 bridgehead atoms. The van der Waals surface area contributed by atoms with Crippen LogP contribution < -0.4 is 10.5 Å². The highest BCUT2D eigenvalue weighted by Gasteiger charge is 2.30. The van der Waals surface area contributed by atoms with Gasteiger partial charge in [0.25, 0.3) is 0 Å². The van der Waals surface area contributed by atoms with Crippen LogP contribution in [0.5, 0.6) is 11.5 Å². The van der Waals surface area contributed by atoms with Crippen LogP contribution in [0.1, 0.15) is 18.2 Å². The van der Waals surface area contributed by atoms with Crippen LogP contribution in [-0.2, 0) is 9.53 Å². The van der Waals surface area contributed by atoms with Gasteiger partial charge in [-0.15, -0.1) is 0 Å². The minimum atomic E-state index is 0.0219. The molecule has 2 aliphatic rings. The third kappa shape index (κ3) is 5.73. The molecule has 2 aromatic heterocycles. The Morgan fingerprint density at radius 1 is 1.12 bits per heavy atom. The van der Waals surface area contributed by atoms with E-state index in [-0.39, 0.29) is 17.9 Å². The molecule has 9 nitrogen and oxygen atoms in total. The van der Waals surface area contributed by atoms with Gasteiger partial charge in [0, 0.05) is 37.9 Å². The maximum absolute atomic E-state index is 12.5. The lowest BCUT2D eigenvalue weighted by atomic mass is 9.99. The van der Waals surface area contributed by atoms with Gasteiger partial charge in [-0.25, -0.2) is 9.97 Å². The fraction of sp³-hybridized carbons (Fsp3) is 0.303. The van der Waals surface area contributed by atoms with Crippen molar-refractivity contribution in [2.24, 2.45) is 5.92 Å². The topological polar surface area (TPSA) is 98.7 Å². The average molecular weight is 563 g/mol. The minimum absolute atomic E-state index is 0.0219. The van der Waals surface area contributed by atoms with E-state index in [1.807, 2.05) is 84.6 Å². The summed E-state index contributed by atoms with van der Waals surface area (Å²) in [5, 5.41) is 0.780. The molecule has 2 N–H and O–H groups in total. The number of nitrogens with zero attached hydrogens (tertiary/aromatic N) is 5. The summed E-state index contributed by atoms with van der Waals surface area (Å²) in [6, 6.07) is 17.7. The summed E-state index contributed by atoms with van der Waals surface area (Å²) < 4.78 is 14.0. The van der Waals surface area contributed by atoms with Gasteiger partial charge in [0.15, 0.2) is 0 Å². The molecule has 0 radical (unpaired) electrons. The maximum Gasteiger partial charge on any atom is 0.246 e. The molecule has 0 unspecified atom stereocenters. The Morgan fingerprint density at radius 3 is 2.60 bits per heavy atom. The Hall–Kier alpha value is -4.65. The highest BCUT2D eigenvalue weighted by atomic mass is 16.5. The summed E-state index contributed by atoms with van der Waals surface area (Å²) in [6.07, 6.45) is 5.89. The standard InChI is InChI=1S/C33H34N6O3/c1-37(2)17-6-9-29(40)38-19-23(20-38)10-15-28-30(24-11-13-27(14-12-24)42-26-7-4-3-5-8-26)31-32(34)35-22-36-33(31)39(28)25-16-18-41-21-25/h3-9,11-14,22-23,25H,16-21H2,1-2H3,(H2,34,35,36)/b9-6+/t25-/m0/s1. The molecule has 1 atom stereocenters. The Kier molecular flexibility index (Phi) is 7.91.